The molecular formula is C12H20N2O5. The third-order valence-electron chi connectivity index (χ3n) is 3.92. The topological polar surface area (TPSA) is 99.1 Å². The molecule has 3 N–H and O–H groups in total. The summed E-state index contributed by atoms with van der Waals surface area (Å²) in [4.78, 5) is 25.0. The van der Waals surface area contributed by atoms with Crippen molar-refractivity contribution in [1.29, 1.82) is 0 Å². The third kappa shape index (κ3) is 2.82. The van der Waals surface area contributed by atoms with E-state index in [1.54, 1.807) is 4.90 Å². The van der Waals surface area contributed by atoms with Crippen molar-refractivity contribution in [3.8, 4) is 0 Å². The van der Waals surface area contributed by atoms with E-state index in [0.717, 1.165) is 0 Å². The van der Waals surface area contributed by atoms with Gasteiger partial charge in [-0.05, 0) is 12.3 Å². The molecule has 2 heterocycles. The molecule has 19 heavy (non-hydrogen) atoms. The van der Waals surface area contributed by atoms with Crippen LogP contribution in [0.2, 0.25) is 0 Å². The average molecular weight is 272 g/mol. The number of nitrogens with zero attached hydrogens (tertiary/aromatic N) is 1. The standard InChI is InChI=1S/C12H20N2O5/c1-8-6-14(4-2-9(8)15)11(18)13-12(10(16)17)3-5-19-7-12/h8-9,15H,2-7H2,1H3,(H,13,18)(H,16,17). The second-order valence-electron chi connectivity index (χ2n) is 5.40. The maximum Gasteiger partial charge on any atom is 0.332 e. The van der Waals surface area contributed by atoms with Crippen LogP contribution in [-0.4, -0.2) is 65.1 Å². The van der Waals surface area contributed by atoms with E-state index in [4.69, 9.17) is 4.74 Å². The van der Waals surface area contributed by atoms with Crippen LogP contribution in [0.1, 0.15) is 19.8 Å². The van der Waals surface area contributed by atoms with Crippen molar-refractivity contribution in [3.63, 3.8) is 0 Å². The van der Waals surface area contributed by atoms with Crippen LogP contribution >= 0.6 is 0 Å². The van der Waals surface area contributed by atoms with Crippen LogP contribution in [0.15, 0.2) is 0 Å². The van der Waals surface area contributed by atoms with E-state index in [-0.39, 0.29) is 18.9 Å². The number of hydrogen-bond donors (Lipinski definition) is 3. The van der Waals surface area contributed by atoms with Gasteiger partial charge in [0.15, 0.2) is 5.54 Å². The minimum absolute atomic E-state index is 0.0000912. The third-order valence-corrected chi connectivity index (χ3v) is 3.92. The Morgan fingerprint density at radius 3 is 2.74 bits per heavy atom. The number of urea groups is 1. The molecule has 2 saturated heterocycles. The molecule has 0 spiro atoms. The van der Waals surface area contributed by atoms with E-state index in [1.807, 2.05) is 6.92 Å². The van der Waals surface area contributed by atoms with Crippen LogP contribution in [0.3, 0.4) is 0 Å². The van der Waals surface area contributed by atoms with Crippen molar-refractivity contribution in [2.75, 3.05) is 26.3 Å². The lowest BCUT2D eigenvalue weighted by atomic mass is 9.96. The van der Waals surface area contributed by atoms with E-state index < -0.39 is 23.6 Å². The Balaban J connectivity index is 1.98. The zero-order valence-corrected chi connectivity index (χ0v) is 11.0. The van der Waals surface area contributed by atoms with Gasteiger partial charge in [-0.1, -0.05) is 6.92 Å². The van der Waals surface area contributed by atoms with Crippen LogP contribution in [0, 0.1) is 5.92 Å². The second kappa shape index (κ2) is 5.34. The van der Waals surface area contributed by atoms with Gasteiger partial charge in [-0.15, -0.1) is 0 Å². The highest BCUT2D eigenvalue weighted by atomic mass is 16.5. The molecule has 2 aliphatic rings. The van der Waals surface area contributed by atoms with E-state index in [1.165, 1.54) is 0 Å². The highest BCUT2D eigenvalue weighted by Gasteiger charge is 2.45. The Bertz CT molecular complexity index is 367. The molecule has 3 atom stereocenters. The van der Waals surface area contributed by atoms with Gasteiger partial charge in [0.05, 0.1) is 12.7 Å². The SMILES string of the molecule is CC1CN(C(=O)NC2(C(=O)O)CCOC2)CCC1O. The summed E-state index contributed by atoms with van der Waals surface area (Å²) in [6.07, 6.45) is 0.401. The zero-order valence-electron chi connectivity index (χ0n) is 11.0. The number of aliphatic hydroxyl groups is 1. The number of likely N-dealkylation sites (tertiary alicyclic amines) is 1. The summed E-state index contributed by atoms with van der Waals surface area (Å²) in [7, 11) is 0. The molecule has 0 aromatic rings. The number of ether oxygens (including phenoxy) is 1. The number of carbonyl (C=O) groups excluding carboxylic acids is 1. The maximum atomic E-state index is 12.1. The summed E-state index contributed by atoms with van der Waals surface area (Å²) in [6, 6.07) is -0.397. The van der Waals surface area contributed by atoms with Crippen molar-refractivity contribution in [1.82, 2.24) is 10.2 Å². The first-order chi connectivity index (χ1) is 8.94. The number of aliphatic hydroxyl groups excluding tert-OH is 1. The first-order valence-electron chi connectivity index (χ1n) is 6.51. The number of carboxylic acid groups (broad SMARTS) is 1. The van der Waals surface area contributed by atoms with E-state index in [0.29, 0.717) is 26.1 Å². The van der Waals surface area contributed by atoms with Gasteiger partial charge in [-0.25, -0.2) is 9.59 Å². The fraction of sp³-hybridized carbons (Fsp3) is 0.833. The molecule has 2 rings (SSSR count). The number of carboxylic acids is 1. The molecule has 0 bridgehead atoms. The summed E-state index contributed by atoms with van der Waals surface area (Å²) < 4.78 is 5.09. The Morgan fingerprint density at radius 1 is 1.47 bits per heavy atom. The zero-order chi connectivity index (χ0) is 14.0. The summed E-state index contributed by atoms with van der Waals surface area (Å²) in [5.74, 6) is -1.07. The number of amides is 2. The fourth-order valence-corrected chi connectivity index (χ4v) is 2.49. The summed E-state index contributed by atoms with van der Waals surface area (Å²) in [6.45, 7) is 3.08. The average Bonchev–Trinajstić information content (AvgIpc) is 2.82. The van der Waals surface area contributed by atoms with Crippen LogP contribution in [0.25, 0.3) is 0 Å². The van der Waals surface area contributed by atoms with Gasteiger partial charge < -0.3 is 25.2 Å². The molecule has 108 valence electrons. The highest BCUT2D eigenvalue weighted by molar-refractivity contribution is 5.86. The van der Waals surface area contributed by atoms with Crippen molar-refractivity contribution in [2.45, 2.75) is 31.4 Å². The summed E-state index contributed by atoms with van der Waals surface area (Å²) in [5.41, 5.74) is -1.31. The normalized spacial score (nSPS) is 35.2. The van der Waals surface area contributed by atoms with E-state index in [2.05, 4.69) is 5.32 Å². The van der Waals surface area contributed by atoms with Gasteiger partial charge in [0.1, 0.15) is 0 Å². The molecule has 0 saturated carbocycles. The molecule has 7 nitrogen and oxygen atoms in total. The molecular weight excluding hydrogens is 252 g/mol. The predicted octanol–water partition coefficient (Wildman–Crippen LogP) is -0.358. The van der Waals surface area contributed by atoms with Gasteiger partial charge in [-0.3, -0.25) is 0 Å². The molecule has 0 aromatic carbocycles. The largest absolute Gasteiger partial charge is 0.479 e. The molecule has 0 aromatic heterocycles. The van der Waals surface area contributed by atoms with Gasteiger partial charge in [0, 0.05) is 26.1 Å². The Kier molecular flexibility index (Phi) is 3.96. The maximum absolute atomic E-state index is 12.1. The Morgan fingerprint density at radius 2 is 2.21 bits per heavy atom. The Hall–Kier alpha value is -1.34. The molecule has 3 unspecified atom stereocenters. The molecule has 2 aliphatic heterocycles. The number of piperidine rings is 1. The minimum Gasteiger partial charge on any atom is -0.479 e. The fourth-order valence-electron chi connectivity index (χ4n) is 2.49. The lowest BCUT2D eigenvalue weighted by Gasteiger charge is -2.36. The summed E-state index contributed by atoms with van der Waals surface area (Å²) in [5, 5.41) is 21.5. The number of hydrogen-bond acceptors (Lipinski definition) is 4. The van der Waals surface area contributed by atoms with Crippen molar-refractivity contribution < 1.29 is 24.5 Å². The number of rotatable bonds is 2. The lowest BCUT2D eigenvalue weighted by molar-refractivity contribution is -0.144. The first-order valence-corrected chi connectivity index (χ1v) is 6.51. The van der Waals surface area contributed by atoms with Crippen LogP contribution in [-0.2, 0) is 9.53 Å². The van der Waals surface area contributed by atoms with Crippen molar-refractivity contribution in [2.24, 2.45) is 5.92 Å². The molecule has 0 radical (unpaired) electrons. The molecule has 2 fully saturated rings. The molecule has 2 amide bonds. The lowest BCUT2D eigenvalue weighted by Crippen LogP contribution is -2.60. The van der Waals surface area contributed by atoms with Gasteiger partial charge in [0.2, 0.25) is 0 Å². The van der Waals surface area contributed by atoms with Gasteiger partial charge in [0.25, 0.3) is 0 Å². The van der Waals surface area contributed by atoms with E-state index >= 15 is 0 Å². The molecule has 0 aliphatic carbocycles. The van der Waals surface area contributed by atoms with E-state index in [9.17, 15) is 19.8 Å². The first kappa shape index (κ1) is 14.1. The monoisotopic (exact) mass is 272 g/mol. The number of carbonyl (C=O) groups is 2. The number of nitrogens with one attached hydrogen (secondary N) is 1. The Labute approximate surface area is 111 Å². The minimum atomic E-state index is -1.31. The number of aliphatic carboxylic acids is 1. The quantitative estimate of drug-likeness (QED) is 0.637. The van der Waals surface area contributed by atoms with Crippen LogP contribution in [0.4, 0.5) is 4.79 Å². The van der Waals surface area contributed by atoms with Crippen LogP contribution < -0.4 is 5.32 Å². The predicted molar refractivity (Wildman–Crippen MR) is 65.7 cm³/mol. The highest BCUT2D eigenvalue weighted by Crippen LogP contribution is 2.21. The van der Waals surface area contributed by atoms with Gasteiger partial charge in [-0.2, -0.15) is 0 Å². The van der Waals surface area contributed by atoms with Crippen LogP contribution in [0.5, 0.6) is 0 Å². The second-order valence-corrected chi connectivity index (χ2v) is 5.40. The van der Waals surface area contributed by atoms with Gasteiger partial charge >= 0.3 is 12.0 Å². The summed E-state index contributed by atoms with van der Waals surface area (Å²) >= 11 is 0. The smallest absolute Gasteiger partial charge is 0.332 e. The van der Waals surface area contributed by atoms with Crippen molar-refractivity contribution in [3.05, 3.63) is 0 Å². The van der Waals surface area contributed by atoms with Crippen molar-refractivity contribution >= 4 is 12.0 Å². The molecule has 7 heteroatoms.